The van der Waals surface area contributed by atoms with E-state index < -0.39 is 6.10 Å². The van der Waals surface area contributed by atoms with E-state index in [1.807, 2.05) is 54.6 Å². The second kappa shape index (κ2) is 12.8. The van der Waals surface area contributed by atoms with Crippen molar-refractivity contribution in [2.45, 2.75) is 31.7 Å². The minimum atomic E-state index is -0.624. The smallest absolute Gasteiger partial charge is 0.119 e. The van der Waals surface area contributed by atoms with Crippen LogP contribution >= 0.6 is 0 Å². The Balaban J connectivity index is 1.65. The molecule has 0 aliphatic heterocycles. The summed E-state index contributed by atoms with van der Waals surface area (Å²) >= 11 is 0. The van der Waals surface area contributed by atoms with Crippen LogP contribution in [0.1, 0.15) is 30.5 Å². The first-order chi connectivity index (χ1) is 16.1. The van der Waals surface area contributed by atoms with E-state index in [0.717, 1.165) is 34.8 Å². The van der Waals surface area contributed by atoms with Crippen LogP contribution in [0.3, 0.4) is 0 Å². The molecule has 0 radical (unpaired) electrons. The van der Waals surface area contributed by atoms with Crippen molar-refractivity contribution >= 4 is 0 Å². The van der Waals surface area contributed by atoms with Gasteiger partial charge in [-0.2, -0.15) is 0 Å². The quantitative estimate of drug-likeness (QED) is 0.340. The summed E-state index contributed by atoms with van der Waals surface area (Å²) in [6.45, 7) is 2.75. The lowest BCUT2D eigenvalue weighted by molar-refractivity contribution is 0.101. The van der Waals surface area contributed by atoms with Gasteiger partial charge in [-0.1, -0.05) is 49.4 Å². The number of benzene rings is 3. The maximum absolute atomic E-state index is 10.4. The van der Waals surface area contributed by atoms with Crippen molar-refractivity contribution in [2.75, 3.05) is 27.4 Å². The molecule has 0 fully saturated rings. The molecule has 0 amide bonds. The van der Waals surface area contributed by atoms with E-state index in [4.69, 9.17) is 14.2 Å². The Morgan fingerprint density at radius 3 is 1.79 bits per heavy atom. The van der Waals surface area contributed by atoms with Crippen molar-refractivity contribution in [2.24, 2.45) is 0 Å². The van der Waals surface area contributed by atoms with E-state index in [0.29, 0.717) is 6.54 Å². The van der Waals surface area contributed by atoms with Crippen LogP contribution in [-0.2, 0) is 0 Å². The maximum Gasteiger partial charge on any atom is 0.119 e. The zero-order valence-corrected chi connectivity index (χ0v) is 19.5. The summed E-state index contributed by atoms with van der Waals surface area (Å²) in [5, 5.41) is 17.5. The van der Waals surface area contributed by atoms with Crippen LogP contribution in [-0.4, -0.2) is 44.7 Å². The summed E-state index contributed by atoms with van der Waals surface area (Å²) in [4.78, 5) is 0. The molecule has 0 aromatic heterocycles. The predicted molar refractivity (Wildman–Crippen MR) is 131 cm³/mol. The van der Waals surface area contributed by atoms with Crippen molar-refractivity contribution in [3.63, 3.8) is 0 Å². The Kier molecular flexibility index (Phi) is 9.57. The Hall–Kier alpha value is -3.06. The number of aliphatic hydroxyl groups is 1. The molecule has 176 valence electrons. The van der Waals surface area contributed by atoms with Gasteiger partial charge in [0.1, 0.15) is 30.0 Å². The first kappa shape index (κ1) is 24.6. The highest BCUT2D eigenvalue weighted by molar-refractivity contribution is 5.38. The molecule has 3 rings (SSSR count). The van der Waals surface area contributed by atoms with Gasteiger partial charge >= 0.3 is 0 Å². The fourth-order valence-corrected chi connectivity index (χ4v) is 3.55. The molecular formula is C27H34N2O4. The van der Waals surface area contributed by atoms with Crippen molar-refractivity contribution in [3.8, 4) is 17.2 Å². The fourth-order valence-electron chi connectivity index (χ4n) is 3.55. The van der Waals surface area contributed by atoms with Gasteiger partial charge in [-0.05, 0) is 53.9 Å². The summed E-state index contributed by atoms with van der Waals surface area (Å²) in [5.74, 6) is 2.39. The average Bonchev–Trinajstić information content (AvgIpc) is 2.88. The lowest BCUT2D eigenvalue weighted by Crippen LogP contribution is -2.47. The number of methoxy groups -OCH3 is 2. The van der Waals surface area contributed by atoms with Crippen LogP contribution in [0.5, 0.6) is 17.2 Å². The number of hydrogen-bond acceptors (Lipinski definition) is 6. The number of para-hydroxylation sites is 1. The Bertz CT molecular complexity index is 885. The number of ether oxygens (including phenoxy) is 3. The minimum Gasteiger partial charge on any atom is -0.497 e. The van der Waals surface area contributed by atoms with Crippen LogP contribution in [0.4, 0.5) is 0 Å². The largest absolute Gasteiger partial charge is 0.497 e. The third-order valence-corrected chi connectivity index (χ3v) is 5.46. The fraction of sp³-hybridized carbons (Fsp3) is 0.333. The summed E-state index contributed by atoms with van der Waals surface area (Å²) in [7, 11) is 3.33. The van der Waals surface area contributed by atoms with Crippen molar-refractivity contribution in [3.05, 3.63) is 90.0 Å². The van der Waals surface area contributed by atoms with E-state index in [1.165, 1.54) is 0 Å². The summed E-state index contributed by atoms with van der Waals surface area (Å²) in [6.07, 6.45) is 0.210. The number of aliphatic hydroxyl groups excluding tert-OH is 1. The standard InChI is InChI=1S/C27H34N2O4/c1-4-26(28-18-22(30)19-33-25-8-6-5-7-9-25)29-27(20-10-14-23(31-2)15-11-20)21-12-16-24(32-3)17-13-21/h5-17,22,26-30H,4,18-19H2,1-3H3/t22-,26?/m0/s1. The van der Waals surface area contributed by atoms with Crippen LogP contribution < -0.4 is 24.8 Å². The van der Waals surface area contributed by atoms with Crippen LogP contribution in [0, 0.1) is 0 Å². The lowest BCUT2D eigenvalue weighted by Gasteiger charge is -2.28. The monoisotopic (exact) mass is 450 g/mol. The van der Waals surface area contributed by atoms with Gasteiger partial charge in [0, 0.05) is 6.54 Å². The van der Waals surface area contributed by atoms with E-state index >= 15 is 0 Å². The molecule has 3 N–H and O–H groups in total. The van der Waals surface area contributed by atoms with Crippen LogP contribution in [0.2, 0.25) is 0 Å². The second-order valence-corrected chi connectivity index (χ2v) is 7.79. The van der Waals surface area contributed by atoms with Gasteiger partial charge in [-0.15, -0.1) is 0 Å². The van der Waals surface area contributed by atoms with Crippen molar-refractivity contribution in [1.82, 2.24) is 10.6 Å². The molecule has 0 aliphatic carbocycles. The predicted octanol–water partition coefficient (Wildman–Crippen LogP) is 4.15. The molecule has 0 bridgehead atoms. The van der Waals surface area contributed by atoms with Gasteiger partial charge in [0.15, 0.2) is 0 Å². The van der Waals surface area contributed by atoms with E-state index in [-0.39, 0.29) is 18.8 Å². The highest BCUT2D eigenvalue weighted by Crippen LogP contribution is 2.26. The first-order valence-electron chi connectivity index (χ1n) is 11.3. The Morgan fingerprint density at radius 1 is 0.758 bits per heavy atom. The lowest BCUT2D eigenvalue weighted by atomic mass is 9.98. The van der Waals surface area contributed by atoms with Gasteiger partial charge in [0.05, 0.1) is 26.4 Å². The maximum atomic E-state index is 10.4. The summed E-state index contributed by atoms with van der Waals surface area (Å²) in [6, 6.07) is 25.6. The van der Waals surface area contributed by atoms with Gasteiger partial charge in [0.25, 0.3) is 0 Å². The molecule has 1 unspecified atom stereocenters. The normalized spacial score (nSPS) is 12.9. The second-order valence-electron chi connectivity index (χ2n) is 7.79. The van der Waals surface area contributed by atoms with E-state index in [1.54, 1.807) is 14.2 Å². The Labute approximate surface area is 196 Å². The molecule has 0 spiro atoms. The topological polar surface area (TPSA) is 72.0 Å². The molecule has 0 saturated heterocycles. The van der Waals surface area contributed by atoms with Crippen LogP contribution in [0.25, 0.3) is 0 Å². The zero-order valence-electron chi connectivity index (χ0n) is 19.5. The van der Waals surface area contributed by atoms with Gasteiger partial charge < -0.3 is 19.3 Å². The molecule has 0 heterocycles. The molecule has 33 heavy (non-hydrogen) atoms. The van der Waals surface area contributed by atoms with Crippen LogP contribution in [0.15, 0.2) is 78.9 Å². The average molecular weight is 451 g/mol. The Morgan fingerprint density at radius 2 is 1.30 bits per heavy atom. The summed E-state index contributed by atoms with van der Waals surface area (Å²) < 4.78 is 16.3. The van der Waals surface area contributed by atoms with Crippen molar-refractivity contribution < 1.29 is 19.3 Å². The molecule has 2 atom stereocenters. The SMILES string of the molecule is CCC(NC[C@H](O)COc1ccccc1)NC(c1ccc(OC)cc1)c1ccc(OC)cc1. The number of nitrogens with one attached hydrogen (secondary N) is 2. The third kappa shape index (κ3) is 7.49. The molecule has 6 nitrogen and oxygen atoms in total. The first-order valence-corrected chi connectivity index (χ1v) is 11.3. The zero-order chi connectivity index (χ0) is 23.5. The minimum absolute atomic E-state index is 0.00872. The summed E-state index contributed by atoms with van der Waals surface area (Å²) in [5.41, 5.74) is 2.24. The molecule has 3 aromatic carbocycles. The molecule has 0 aliphatic rings. The van der Waals surface area contributed by atoms with Gasteiger partial charge in [0.2, 0.25) is 0 Å². The highest BCUT2D eigenvalue weighted by atomic mass is 16.5. The van der Waals surface area contributed by atoms with Gasteiger partial charge in [-0.25, -0.2) is 0 Å². The van der Waals surface area contributed by atoms with E-state index in [2.05, 4.69) is 41.8 Å². The molecule has 3 aromatic rings. The molecular weight excluding hydrogens is 416 g/mol. The van der Waals surface area contributed by atoms with Gasteiger partial charge in [-0.3, -0.25) is 10.6 Å². The molecule has 0 saturated carbocycles. The number of rotatable bonds is 13. The molecule has 6 heteroatoms. The van der Waals surface area contributed by atoms with E-state index in [9.17, 15) is 5.11 Å². The van der Waals surface area contributed by atoms with Crippen molar-refractivity contribution in [1.29, 1.82) is 0 Å². The third-order valence-electron chi connectivity index (χ3n) is 5.46. The highest BCUT2D eigenvalue weighted by Gasteiger charge is 2.19. The number of hydrogen-bond donors (Lipinski definition) is 3.